The molecule has 30 heavy (non-hydrogen) atoms. The first-order valence-electron chi connectivity index (χ1n) is 11.0. The van der Waals surface area contributed by atoms with Crippen LogP contribution in [0.2, 0.25) is 0 Å². The number of hydrogen-bond donors (Lipinski definition) is 1. The molecule has 2 atom stereocenters. The van der Waals surface area contributed by atoms with Crippen molar-refractivity contribution in [3.05, 3.63) is 83.2 Å². The highest BCUT2D eigenvalue weighted by molar-refractivity contribution is 5.87. The number of aryl methyl sites for hydroxylation is 1. The van der Waals surface area contributed by atoms with Gasteiger partial charge in [-0.15, -0.1) is 0 Å². The van der Waals surface area contributed by atoms with E-state index in [4.69, 9.17) is 0 Å². The predicted molar refractivity (Wildman–Crippen MR) is 124 cm³/mol. The van der Waals surface area contributed by atoms with Gasteiger partial charge in [-0.1, -0.05) is 55.5 Å². The molecule has 2 unspecified atom stereocenters. The molecule has 0 bridgehead atoms. The summed E-state index contributed by atoms with van der Waals surface area (Å²) in [4.78, 5) is 4.66. The molecule has 2 aliphatic rings. The van der Waals surface area contributed by atoms with Gasteiger partial charge in [0.05, 0.1) is 5.69 Å². The van der Waals surface area contributed by atoms with Gasteiger partial charge in [0, 0.05) is 30.3 Å². The maximum atomic E-state index is 4.66. The normalized spacial score (nSPS) is 21.3. The molecule has 0 amide bonds. The molecule has 5 rings (SSSR count). The fourth-order valence-corrected chi connectivity index (χ4v) is 4.61. The van der Waals surface area contributed by atoms with Gasteiger partial charge in [0.2, 0.25) is 0 Å². The molecule has 1 aliphatic carbocycles. The van der Waals surface area contributed by atoms with E-state index in [1.54, 1.807) is 0 Å². The average molecular weight is 397 g/mol. The van der Waals surface area contributed by atoms with Crippen LogP contribution in [0, 0.1) is 18.8 Å². The SMILES string of the molecule is CCC1C=CC(C2CCNc3c(cnc4cc(C)nn34)C=C2c2ccccc2)=CC1. The molecule has 0 spiro atoms. The van der Waals surface area contributed by atoms with Crippen molar-refractivity contribution in [2.45, 2.75) is 33.1 Å². The first-order chi connectivity index (χ1) is 14.7. The van der Waals surface area contributed by atoms with Crippen LogP contribution in [0.4, 0.5) is 5.82 Å². The lowest BCUT2D eigenvalue weighted by atomic mass is 9.79. The monoisotopic (exact) mass is 396 g/mol. The van der Waals surface area contributed by atoms with E-state index in [-0.39, 0.29) is 0 Å². The summed E-state index contributed by atoms with van der Waals surface area (Å²) in [7, 11) is 0. The Labute approximate surface area is 178 Å². The molecule has 2 aromatic heterocycles. The molecule has 152 valence electrons. The molecule has 0 fully saturated rings. The second-order valence-corrected chi connectivity index (χ2v) is 8.32. The fourth-order valence-electron chi connectivity index (χ4n) is 4.61. The smallest absolute Gasteiger partial charge is 0.157 e. The number of nitrogens with one attached hydrogen (secondary N) is 1. The van der Waals surface area contributed by atoms with Gasteiger partial charge >= 0.3 is 0 Å². The number of anilines is 1. The third-order valence-corrected chi connectivity index (χ3v) is 6.30. The zero-order valence-electron chi connectivity index (χ0n) is 17.7. The van der Waals surface area contributed by atoms with E-state index in [2.05, 4.69) is 77.0 Å². The van der Waals surface area contributed by atoms with Crippen molar-refractivity contribution in [1.29, 1.82) is 0 Å². The number of rotatable bonds is 3. The van der Waals surface area contributed by atoms with Crippen molar-refractivity contribution in [3.63, 3.8) is 0 Å². The molecular formula is C26H28N4. The van der Waals surface area contributed by atoms with E-state index in [0.717, 1.165) is 42.1 Å². The van der Waals surface area contributed by atoms with E-state index in [0.29, 0.717) is 11.8 Å². The summed E-state index contributed by atoms with van der Waals surface area (Å²) in [6.45, 7) is 5.17. The minimum atomic E-state index is 0.358. The molecule has 4 nitrogen and oxygen atoms in total. The summed E-state index contributed by atoms with van der Waals surface area (Å²) in [5.41, 5.74) is 7.01. The van der Waals surface area contributed by atoms with E-state index in [1.165, 1.54) is 23.1 Å². The van der Waals surface area contributed by atoms with Gasteiger partial charge in [-0.3, -0.25) is 0 Å². The van der Waals surface area contributed by atoms with Gasteiger partial charge in [0.25, 0.3) is 0 Å². The fraction of sp³-hybridized carbons (Fsp3) is 0.308. The molecule has 0 saturated heterocycles. The van der Waals surface area contributed by atoms with Crippen LogP contribution in [0.1, 0.15) is 43.0 Å². The van der Waals surface area contributed by atoms with E-state index in [9.17, 15) is 0 Å². The van der Waals surface area contributed by atoms with E-state index in [1.807, 2.05) is 23.7 Å². The minimum absolute atomic E-state index is 0.358. The number of hydrogen-bond acceptors (Lipinski definition) is 3. The first-order valence-corrected chi connectivity index (χ1v) is 11.0. The number of benzene rings is 1. The second kappa shape index (κ2) is 7.94. The Morgan fingerprint density at radius 1 is 1.20 bits per heavy atom. The molecule has 4 heteroatoms. The predicted octanol–water partition coefficient (Wildman–Crippen LogP) is 5.92. The Kier molecular flexibility index (Phi) is 4.99. The highest BCUT2D eigenvalue weighted by Gasteiger charge is 2.24. The number of allylic oxidation sites excluding steroid dienone is 5. The van der Waals surface area contributed by atoms with Crippen LogP contribution >= 0.6 is 0 Å². The molecule has 1 aromatic carbocycles. The quantitative estimate of drug-likeness (QED) is 0.597. The number of nitrogens with zero attached hydrogens (tertiary/aromatic N) is 3. The van der Waals surface area contributed by atoms with Crippen molar-refractivity contribution in [2.75, 3.05) is 11.9 Å². The molecule has 0 radical (unpaired) electrons. The Balaban J connectivity index is 1.65. The standard InChI is InChI=1S/C26H28N4/c1-3-19-9-11-21(12-10-19)23-13-14-27-26-22(16-24(23)20-7-5-4-6-8-20)17-28-25-15-18(2)29-30(25)26/h4-9,11-12,15-17,19,23,27H,3,10,13-14H2,1-2H3. The van der Waals surface area contributed by atoms with Gasteiger partial charge in [0.1, 0.15) is 5.82 Å². The lowest BCUT2D eigenvalue weighted by Crippen LogP contribution is -2.18. The summed E-state index contributed by atoms with van der Waals surface area (Å²) in [6.07, 6.45) is 14.9. The maximum Gasteiger partial charge on any atom is 0.157 e. The average Bonchev–Trinajstić information content (AvgIpc) is 3.15. The number of fused-ring (bicyclic) bond motifs is 3. The molecule has 3 aromatic rings. The topological polar surface area (TPSA) is 42.2 Å². The van der Waals surface area contributed by atoms with Crippen LogP contribution in [0.25, 0.3) is 17.3 Å². The minimum Gasteiger partial charge on any atom is -0.369 e. The van der Waals surface area contributed by atoms with Gasteiger partial charge < -0.3 is 5.32 Å². The largest absolute Gasteiger partial charge is 0.369 e. The van der Waals surface area contributed by atoms with Gasteiger partial charge in [0.15, 0.2) is 5.65 Å². The Morgan fingerprint density at radius 3 is 2.83 bits per heavy atom. The Morgan fingerprint density at radius 2 is 2.07 bits per heavy atom. The maximum absolute atomic E-state index is 4.66. The first kappa shape index (κ1) is 18.9. The number of aromatic nitrogens is 3. The Hall–Kier alpha value is -3.14. The highest BCUT2D eigenvalue weighted by atomic mass is 15.3. The summed E-state index contributed by atoms with van der Waals surface area (Å²) in [5, 5.41) is 8.31. The van der Waals surface area contributed by atoms with Crippen molar-refractivity contribution in [2.24, 2.45) is 11.8 Å². The van der Waals surface area contributed by atoms with Crippen molar-refractivity contribution >= 4 is 23.1 Å². The lowest BCUT2D eigenvalue weighted by molar-refractivity contribution is 0.616. The van der Waals surface area contributed by atoms with Crippen molar-refractivity contribution in [3.8, 4) is 0 Å². The van der Waals surface area contributed by atoms with Crippen molar-refractivity contribution < 1.29 is 0 Å². The summed E-state index contributed by atoms with van der Waals surface area (Å²) in [5.74, 6) is 2.06. The lowest BCUT2D eigenvalue weighted by Gasteiger charge is -2.28. The Bertz CT molecular complexity index is 1150. The second-order valence-electron chi connectivity index (χ2n) is 8.32. The molecule has 0 saturated carbocycles. The van der Waals surface area contributed by atoms with Crippen LogP contribution in [0.5, 0.6) is 0 Å². The van der Waals surface area contributed by atoms with Crippen LogP contribution in [0.3, 0.4) is 0 Å². The van der Waals surface area contributed by atoms with Crippen LogP contribution in [0.15, 0.2) is 66.4 Å². The summed E-state index contributed by atoms with van der Waals surface area (Å²) in [6, 6.07) is 12.8. The zero-order valence-corrected chi connectivity index (χ0v) is 17.7. The molecular weight excluding hydrogens is 368 g/mol. The van der Waals surface area contributed by atoms with Crippen LogP contribution in [-0.2, 0) is 0 Å². The summed E-state index contributed by atoms with van der Waals surface area (Å²) < 4.78 is 1.94. The highest BCUT2D eigenvalue weighted by Crippen LogP contribution is 2.39. The van der Waals surface area contributed by atoms with E-state index < -0.39 is 0 Å². The van der Waals surface area contributed by atoms with Gasteiger partial charge in [-0.2, -0.15) is 9.61 Å². The third kappa shape index (κ3) is 3.47. The molecule has 1 aliphatic heterocycles. The van der Waals surface area contributed by atoms with E-state index >= 15 is 0 Å². The van der Waals surface area contributed by atoms with Crippen molar-refractivity contribution in [1.82, 2.24) is 14.6 Å². The van der Waals surface area contributed by atoms with Crippen LogP contribution in [-0.4, -0.2) is 21.1 Å². The zero-order chi connectivity index (χ0) is 20.5. The van der Waals surface area contributed by atoms with Gasteiger partial charge in [-0.05, 0) is 54.9 Å². The third-order valence-electron chi connectivity index (χ3n) is 6.30. The van der Waals surface area contributed by atoms with Crippen LogP contribution < -0.4 is 5.32 Å². The molecule has 3 heterocycles. The molecule has 1 N–H and O–H groups in total. The van der Waals surface area contributed by atoms with Gasteiger partial charge in [-0.25, -0.2) is 4.98 Å². The summed E-state index contributed by atoms with van der Waals surface area (Å²) >= 11 is 0.